The molecule has 4 heteroatoms. The summed E-state index contributed by atoms with van der Waals surface area (Å²) < 4.78 is 0. The van der Waals surface area contributed by atoms with E-state index in [0.29, 0.717) is 6.54 Å². The van der Waals surface area contributed by atoms with Crippen molar-refractivity contribution < 1.29 is 9.90 Å². The van der Waals surface area contributed by atoms with E-state index in [0.717, 1.165) is 16.8 Å². The third-order valence-corrected chi connectivity index (χ3v) is 2.69. The van der Waals surface area contributed by atoms with Gasteiger partial charge in [0.2, 0.25) is 0 Å². The Kier molecular flexibility index (Phi) is 4.05. The van der Waals surface area contributed by atoms with Crippen LogP contribution in [0, 0.1) is 0 Å². The molecule has 3 N–H and O–H groups in total. The van der Waals surface area contributed by atoms with Crippen LogP contribution in [0.4, 0.5) is 5.69 Å². The van der Waals surface area contributed by atoms with Crippen LogP contribution in [-0.2, 0) is 6.54 Å². The highest BCUT2D eigenvalue weighted by Crippen LogP contribution is 2.13. The van der Waals surface area contributed by atoms with Gasteiger partial charge in [0.1, 0.15) is 0 Å². The lowest BCUT2D eigenvalue weighted by Gasteiger charge is -1.98. The van der Waals surface area contributed by atoms with E-state index in [2.05, 4.69) is 4.99 Å². The number of aromatic carboxylic acids is 1. The molecule has 19 heavy (non-hydrogen) atoms. The molecule has 0 atom stereocenters. The number of hydrogen-bond donors (Lipinski definition) is 2. The second-order valence-electron chi connectivity index (χ2n) is 4.06. The van der Waals surface area contributed by atoms with Crippen molar-refractivity contribution >= 4 is 17.9 Å². The molecule has 0 radical (unpaired) electrons. The van der Waals surface area contributed by atoms with Gasteiger partial charge < -0.3 is 10.8 Å². The van der Waals surface area contributed by atoms with Crippen molar-refractivity contribution in [2.45, 2.75) is 6.54 Å². The molecule has 2 aromatic carbocycles. The molecule has 0 fully saturated rings. The molecule has 0 aromatic heterocycles. The molecule has 2 rings (SSSR count). The van der Waals surface area contributed by atoms with Crippen LogP contribution in [0.25, 0.3) is 0 Å². The number of nitrogens with zero attached hydrogens (tertiary/aromatic N) is 1. The van der Waals surface area contributed by atoms with Gasteiger partial charge in [-0.25, -0.2) is 4.79 Å². The summed E-state index contributed by atoms with van der Waals surface area (Å²) in [4.78, 5) is 15.0. The monoisotopic (exact) mass is 254 g/mol. The Bertz CT molecular complexity index is 587. The highest BCUT2D eigenvalue weighted by Gasteiger charge is 2.00. The first-order valence-electron chi connectivity index (χ1n) is 5.85. The minimum absolute atomic E-state index is 0.268. The number of nitrogens with two attached hydrogens (primary N) is 1. The zero-order valence-electron chi connectivity index (χ0n) is 10.3. The number of rotatable bonds is 4. The predicted molar refractivity (Wildman–Crippen MR) is 75.0 cm³/mol. The van der Waals surface area contributed by atoms with E-state index in [9.17, 15) is 4.79 Å². The zero-order valence-corrected chi connectivity index (χ0v) is 10.3. The van der Waals surface area contributed by atoms with Crippen molar-refractivity contribution in [3.63, 3.8) is 0 Å². The fraction of sp³-hybridized carbons (Fsp3) is 0.0667. The van der Waals surface area contributed by atoms with Crippen LogP contribution in [0.15, 0.2) is 53.5 Å². The van der Waals surface area contributed by atoms with Gasteiger partial charge in [-0.1, -0.05) is 24.3 Å². The van der Waals surface area contributed by atoms with E-state index >= 15 is 0 Å². The highest BCUT2D eigenvalue weighted by atomic mass is 16.4. The minimum Gasteiger partial charge on any atom is -0.478 e. The van der Waals surface area contributed by atoms with Crippen molar-refractivity contribution in [2.24, 2.45) is 10.7 Å². The maximum atomic E-state index is 10.7. The van der Waals surface area contributed by atoms with Gasteiger partial charge >= 0.3 is 5.97 Å². The maximum Gasteiger partial charge on any atom is 0.335 e. The number of aliphatic imine (C=N–C) groups is 1. The number of carbonyl (C=O) groups is 1. The molecule has 0 heterocycles. The second kappa shape index (κ2) is 5.93. The Hall–Kier alpha value is -2.46. The quantitative estimate of drug-likeness (QED) is 0.823. The zero-order chi connectivity index (χ0) is 13.7. The summed E-state index contributed by atoms with van der Waals surface area (Å²) in [5, 5.41) is 8.79. The molecule has 0 bridgehead atoms. The molecule has 0 amide bonds. The Labute approximate surface area is 111 Å². The molecule has 0 unspecified atom stereocenters. The number of hydrogen-bond acceptors (Lipinski definition) is 3. The smallest absolute Gasteiger partial charge is 0.335 e. The van der Waals surface area contributed by atoms with Crippen molar-refractivity contribution in [1.29, 1.82) is 0 Å². The average molecular weight is 254 g/mol. The molecule has 0 aliphatic rings. The minimum atomic E-state index is -0.930. The van der Waals surface area contributed by atoms with Crippen LogP contribution in [0.3, 0.4) is 0 Å². The van der Waals surface area contributed by atoms with E-state index < -0.39 is 5.97 Å². The highest BCUT2D eigenvalue weighted by molar-refractivity contribution is 5.89. The summed E-state index contributed by atoms with van der Waals surface area (Å²) in [6, 6.07) is 14.2. The first-order chi connectivity index (χ1) is 9.19. The van der Waals surface area contributed by atoms with Crippen molar-refractivity contribution in [3.8, 4) is 0 Å². The Balaban J connectivity index is 2.10. The van der Waals surface area contributed by atoms with Crippen LogP contribution < -0.4 is 5.73 Å². The molecule has 0 aliphatic heterocycles. The Morgan fingerprint density at radius 2 is 1.74 bits per heavy atom. The van der Waals surface area contributed by atoms with E-state index in [1.807, 2.05) is 24.3 Å². The van der Waals surface area contributed by atoms with E-state index in [4.69, 9.17) is 10.8 Å². The molecule has 0 aliphatic carbocycles. The molecular weight excluding hydrogens is 240 g/mol. The molecule has 2 aromatic rings. The topological polar surface area (TPSA) is 75.7 Å². The average Bonchev–Trinajstić information content (AvgIpc) is 2.46. The third-order valence-electron chi connectivity index (χ3n) is 2.69. The summed E-state index contributed by atoms with van der Waals surface area (Å²) in [7, 11) is 0. The molecule has 0 saturated carbocycles. The number of carboxylic acid groups (broad SMARTS) is 1. The van der Waals surface area contributed by atoms with Crippen LogP contribution >= 0.6 is 0 Å². The van der Waals surface area contributed by atoms with Gasteiger partial charge in [0.05, 0.1) is 11.3 Å². The molecular formula is C15H14N2O2. The number of benzene rings is 2. The normalized spacial score (nSPS) is 10.8. The van der Waals surface area contributed by atoms with Gasteiger partial charge in [0.25, 0.3) is 0 Å². The van der Waals surface area contributed by atoms with Gasteiger partial charge in [0, 0.05) is 12.8 Å². The first-order valence-corrected chi connectivity index (χ1v) is 5.85. The molecule has 0 saturated heterocycles. The van der Waals surface area contributed by atoms with E-state index in [1.54, 1.807) is 30.5 Å². The summed E-state index contributed by atoms with van der Waals surface area (Å²) in [6.07, 6.45) is 1.70. The standard InChI is InChI=1S/C15H14N2O2/c16-9-11-3-7-14(8-4-11)17-10-12-1-5-13(6-2-12)15(18)19/h1-8,10H,9,16H2,(H,18,19). The van der Waals surface area contributed by atoms with Crippen LogP contribution in [0.2, 0.25) is 0 Å². The van der Waals surface area contributed by atoms with Crippen LogP contribution in [0.1, 0.15) is 21.5 Å². The summed E-state index contributed by atoms with van der Waals surface area (Å²) in [5.74, 6) is -0.930. The summed E-state index contributed by atoms with van der Waals surface area (Å²) in [6.45, 7) is 0.515. The fourth-order valence-electron chi connectivity index (χ4n) is 1.58. The lowest BCUT2D eigenvalue weighted by molar-refractivity contribution is 0.0697. The fourth-order valence-corrected chi connectivity index (χ4v) is 1.58. The molecule has 96 valence electrons. The predicted octanol–water partition coefficient (Wildman–Crippen LogP) is 2.59. The summed E-state index contributed by atoms with van der Waals surface area (Å²) >= 11 is 0. The van der Waals surface area contributed by atoms with Crippen molar-refractivity contribution in [3.05, 3.63) is 65.2 Å². The lowest BCUT2D eigenvalue weighted by atomic mass is 10.1. The third kappa shape index (κ3) is 3.50. The van der Waals surface area contributed by atoms with Crippen molar-refractivity contribution in [2.75, 3.05) is 0 Å². The SMILES string of the molecule is NCc1ccc(N=Cc2ccc(C(=O)O)cc2)cc1. The largest absolute Gasteiger partial charge is 0.478 e. The first kappa shape index (κ1) is 13.0. The van der Waals surface area contributed by atoms with E-state index in [-0.39, 0.29) is 5.56 Å². The Morgan fingerprint density at radius 3 is 2.26 bits per heavy atom. The lowest BCUT2D eigenvalue weighted by Crippen LogP contribution is -1.95. The van der Waals surface area contributed by atoms with Crippen LogP contribution in [0.5, 0.6) is 0 Å². The summed E-state index contributed by atoms with van der Waals surface area (Å²) in [5.41, 5.74) is 8.53. The van der Waals surface area contributed by atoms with Gasteiger partial charge in [-0.2, -0.15) is 0 Å². The second-order valence-corrected chi connectivity index (χ2v) is 4.06. The van der Waals surface area contributed by atoms with Gasteiger partial charge in [-0.15, -0.1) is 0 Å². The Morgan fingerprint density at radius 1 is 1.11 bits per heavy atom. The number of carboxylic acids is 1. The molecule has 0 spiro atoms. The van der Waals surface area contributed by atoms with Gasteiger partial charge in [-0.3, -0.25) is 4.99 Å². The van der Waals surface area contributed by atoms with E-state index in [1.165, 1.54) is 0 Å². The molecule has 4 nitrogen and oxygen atoms in total. The van der Waals surface area contributed by atoms with Gasteiger partial charge in [0.15, 0.2) is 0 Å². The maximum absolute atomic E-state index is 10.7. The van der Waals surface area contributed by atoms with Crippen molar-refractivity contribution in [1.82, 2.24) is 0 Å². The van der Waals surface area contributed by atoms with Gasteiger partial charge in [-0.05, 0) is 35.4 Å². The van der Waals surface area contributed by atoms with Crippen LogP contribution in [-0.4, -0.2) is 17.3 Å².